The number of benzene rings is 12. The molecule has 4 aromatic heterocycles. The second-order valence-electron chi connectivity index (χ2n) is 18.5. The number of hydrogen-bond donors (Lipinski definition) is 0. The Hall–Kier alpha value is -8.92. The molecule has 0 aliphatic heterocycles. The Labute approximate surface area is 383 Å². The van der Waals surface area contributed by atoms with Crippen molar-refractivity contribution in [1.29, 1.82) is 0 Å². The fourth-order valence-electron chi connectivity index (χ4n) is 12.1. The Bertz CT molecular complexity index is 4580. The van der Waals surface area contributed by atoms with Gasteiger partial charge < -0.3 is 13.5 Å². The van der Waals surface area contributed by atoms with Crippen molar-refractivity contribution < 1.29 is 0 Å². The Morgan fingerprint density at radius 2 is 0.627 bits per heavy atom. The maximum atomic E-state index is 2.45. The zero-order chi connectivity index (χ0) is 43.5. The van der Waals surface area contributed by atoms with E-state index in [0.29, 0.717) is 0 Å². The maximum absolute atomic E-state index is 2.45. The maximum Gasteiger partial charge on any atom is 0.0620 e. The van der Waals surface area contributed by atoms with E-state index in [1.165, 1.54) is 142 Å². The van der Waals surface area contributed by atoms with Gasteiger partial charge in [0.05, 0.1) is 38.6 Å². The Balaban J connectivity index is 0.813. The fourth-order valence-corrected chi connectivity index (χ4v) is 12.1. The molecule has 16 aromatic rings. The Morgan fingerprint density at radius 1 is 0.224 bits per heavy atom. The van der Waals surface area contributed by atoms with E-state index >= 15 is 0 Å². The van der Waals surface area contributed by atoms with Crippen LogP contribution in [0.15, 0.2) is 224 Å². The van der Waals surface area contributed by atoms with Crippen molar-refractivity contribution >= 4 is 114 Å². The highest BCUT2D eigenvalue weighted by molar-refractivity contribution is 6.25. The lowest BCUT2D eigenvalue weighted by Gasteiger charge is -2.14. The quantitative estimate of drug-likeness (QED) is 0.157. The van der Waals surface area contributed by atoms with Gasteiger partial charge in [-0.3, -0.25) is 0 Å². The summed E-state index contributed by atoms with van der Waals surface area (Å²) in [6.45, 7) is 0. The van der Waals surface area contributed by atoms with Crippen LogP contribution in [0.25, 0.3) is 148 Å². The van der Waals surface area contributed by atoms with E-state index in [4.69, 9.17) is 0 Å². The summed E-state index contributed by atoms with van der Waals surface area (Å²) < 4.78 is 7.33. The van der Waals surface area contributed by atoms with Gasteiger partial charge in [-0.05, 0) is 140 Å². The molecule has 0 N–H and O–H groups in total. The molecular weight excluding hydrogens is 811 g/mol. The molecular formula is C64H37N3. The first-order valence-corrected chi connectivity index (χ1v) is 23.2. The van der Waals surface area contributed by atoms with Crippen LogP contribution >= 0.6 is 0 Å². The molecule has 0 saturated carbocycles. The average Bonchev–Trinajstić information content (AvgIpc) is 4.12. The van der Waals surface area contributed by atoms with Crippen LogP contribution in [0.2, 0.25) is 0 Å². The van der Waals surface area contributed by atoms with E-state index < -0.39 is 0 Å². The van der Waals surface area contributed by atoms with E-state index in [0.717, 1.165) is 5.69 Å². The summed E-state index contributed by atoms with van der Waals surface area (Å²) >= 11 is 0. The van der Waals surface area contributed by atoms with Crippen molar-refractivity contribution in [3.8, 4) is 33.6 Å². The van der Waals surface area contributed by atoms with Crippen LogP contribution in [-0.4, -0.2) is 13.5 Å². The molecule has 67 heavy (non-hydrogen) atoms. The van der Waals surface area contributed by atoms with Crippen LogP contribution in [0, 0.1) is 0 Å². The van der Waals surface area contributed by atoms with Crippen molar-refractivity contribution in [3.63, 3.8) is 0 Å². The molecule has 0 aliphatic carbocycles. The zero-order valence-electron chi connectivity index (χ0n) is 36.2. The van der Waals surface area contributed by atoms with E-state index in [1.807, 2.05) is 0 Å². The van der Waals surface area contributed by atoms with E-state index in [2.05, 4.69) is 238 Å². The molecule has 0 unspecified atom stereocenters. The molecule has 308 valence electrons. The van der Waals surface area contributed by atoms with Gasteiger partial charge in [-0.2, -0.15) is 0 Å². The lowest BCUT2D eigenvalue weighted by molar-refractivity contribution is 1.18. The molecule has 3 heteroatoms. The number of aromatic nitrogens is 3. The summed E-state index contributed by atoms with van der Waals surface area (Å²) in [5, 5.41) is 18.0. The summed E-state index contributed by atoms with van der Waals surface area (Å²) in [6.07, 6.45) is 0. The van der Waals surface area contributed by atoms with Gasteiger partial charge in [-0.1, -0.05) is 140 Å². The van der Waals surface area contributed by atoms with Gasteiger partial charge in [-0.25, -0.2) is 0 Å². The zero-order valence-corrected chi connectivity index (χ0v) is 36.2. The SMILES string of the molecule is c1cc2ccc3cc(-n4c5ccccc5c5cc(-c6ccc7c(c6)c6ccccc6n7-c6ccc(-c7cc8c9ccccc9n9c%10ccccc%10c(c7)c89)cc6)ccc54)cc4ccc(c1)c2c34. The minimum absolute atomic E-state index is 1.15. The summed E-state index contributed by atoms with van der Waals surface area (Å²) in [6, 6.07) is 83.8. The lowest BCUT2D eigenvalue weighted by atomic mass is 9.94. The third-order valence-corrected chi connectivity index (χ3v) is 15.0. The number of fused-ring (bicyclic) bond motifs is 12. The minimum atomic E-state index is 1.15. The summed E-state index contributed by atoms with van der Waals surface area (Å²) in [5.74, 6) is 0. The van der Waals surface area contributed by atoms with Crippen LogP contribution < -0.4 is 0 Å². The standard InChI is InChI=1S/C64H37N3/c1-5-16-56-48(12-1)52-34-41(42-27-31-61-53(35-42)49-13-2-6-17-57(49)66(61)47-32-43-22-20-39-10-9-11-40-21-23-44(33-47)63(43)62(39)40)26-30-60(52)65(56)46-28-24-38(25-29-46)45-36-54-50-14-3-7-18-58(50)67-59-19-8-4-15-51(59)55(37-45)64(54)67/h1-37H. The monoisotopic (exact) mass is 847 g/mol. The predicted octanol–water partition coefficient (Wildman–Crippen LogP) is 17.3. The van der Waals surface area contributed by atoms with Crippen molar-refractivity contribution in [2.75, 3.05) is 0 Å². The van der Waals surface area contributed by atoms with Crippen LogP contribution in [0.1, 0.15) is 0 Å². The molecule has 0 saturated heterocycles. The molecule has 0 bridgehead atoms. The third-order valence-electron chi connectivity index (χ3n) is 15.0. The smallest absolute Gasteiger partial charge is 0.0620 e. The molecule has 0 amide bonds. The topological polar surface area (TPSA) is 14.3 Å². The van der Waals surface area contributed by atoms with Gasteiger partial charge in [0.15, 0.2) is 0 Å². The minimum Gasteiger partial charge on any atom is -0.309 e. The van der Waals surface area contributed by atoms with Gasteiger partial charge in [0.2, 0.25) is 0 Å². The molecule has 4 heterocycles. The van der Waals surface area contributed by atoms with Crippen LogP contribution in [-0.2, 0) is 0 Å². The molecule has 0 fully saturated rings. The van der Waals surface area contributed by atoms with E-state index in [-0.39, 0.29) is 0 Å². The summed E-state index contributed by atoms with van der Waals surface area (Å²) in [7, 11) is 0. The number of nitrogens with zero attached hydrogens (tertiary/aromatic N) is 3. The fraction of sp³-hybridized carbons (Fsp3) is 0. The summed E-state index contributed by atoms with van der Waals surface area (Å²) in [5.41, 5.74) is 15.8. The molecule has 0 atom stereocenters. The highest BCUT2D eigenvalue weighted by atomic mass is 15.0. The highest BCUT2D eigenvalue weighted by Crippen LogP contribution is 2.44. The number of hydrogen-bond acceptors (Lipinski definition) is 0. The van der Waals surface area contributed by atoms with Crippen molar-refractivity contribution in [2.45, 2.75) is 0 Å². The first-order valence-electron chi connectivity index (χ1n) is 23.2. The Kier molecular flexibility index (Phi) is 6.81. The van der Waals surface area contributed by atoms with Crippen molar-refractivity contribution in [3.05, 3.63) is 224 Å². The van der Waals surface area contributed by atoms with E-state index in [1.54, 1.807) is 0 Å². The van der Waals surface area contributed by atoms with Crippen molar-refractivity contribution in [2.24, 2.45) is 0 Å². The highest BCUT2D eigenvalue weighted by Gasteiger charge is 2.20. The van der Waals surface area contributed by atoms with Crippen LogP contribution in [0.3, 0.4) is 0 Å². The van der Waals surface area contributed by atoms with Gasteiger partial charge >= 0.3 is 0 Å². The van der Waals surface area contributed by atoms with Crippen molar-refractivity contribution in [1.82, 2.24) is 13.5 Å². The predicted molar refractivity (Wildman–Crippen MR) is 284 cm³/mol. The number of rotatable bonds is 4. The van der Waals surface area contributed by atoms with Gasteiger partial charge in [-0.15, -0.1) is 0 Å². The van der Waals surface area contributed by atoms with Gasteiger partial charge in [0.1, 0.15) is 0 Å². The average molecular weight is 848 g/mol. The molecule has 0 spiro atoms. The van der Waals surface area contributed by atoms with Crippen LogP contribution in [0.5, 0.6) is 0 Å². The van der Waals surface area contributed by atoms with E-state index in [9.17, 15) is 0 Å². The normalized spacial score (nSPS) is 12.5. The Morgan fingerprint density at radius 3 is 1.16 bits per heavy atom. The first kappa shape index (κ1) is 35.4. The second kappa shape index (κ2) is 12.9. The summed E-state index contributed by atoms with van der Waals surface area (Å²) in [4.78, 5) is 0. The first-order chi connectivity index (χ1) is 33.2. The van der Waals surface area contributed by atoms with Gasteiger partial charge in [0, 0.05) is 54.5 Å². The molecule has 12 aromatic carbocycles. The van der Waals surface area contributed by atoms with Gasteiger partial charge in [0.25, 0.3) is 0 Å². The largest absolute Gasteiger partial charge is 0.309 e. The molecule has 0 aliphatic rings. The molecule has 3 nitrogen and oxygen atoms in total. The van der Waals surface area contributed by atoms with Crippen LogP contribution in [0.4, 0.5) is 0 Å². The lowest BCUT2D eigenvalue weighted by Crippen LogP contribution is -1.95. The number of para-hydroxylation sites is 4. The molecule has 0 radical (unpaired) electrons. The molecule has 16 rings (SSSR count). The second-order valence-corrected chi connectivity index (χ2v) is 18.5. The third kappa shape index (κ3) is 4.74.